The summed E-state index contributed by atoms with van der Waals surface area (Å²) in [7, 11) is 0. The SMILES string of the molecule is CCCCCCCCCCCCCCCCC[C-]=O.[Ti]. The Morgan fingerprint density at radius 2 is 0.850 bits per heavy atom. The van der Waals surface area contributed by atoms with E-state index in [-0.39, 0.29) is 21.7 Å². The molecule has 0 aliphatic carbocycles. The van der Waals surface area contributed by atoms with Crippen molar-refractivity contribution in [1.82, 2.24) is 0 Å². The first kappa shape index (κ1) is 22.7. The van der Waals surface area contributed by atoms with E-state index in [0.29, 0.717) is 6.42 Å². The van der Waals surface area contributed by atoms with Crippen molar-refractivity contribution in [2.24, 2.45) is 0 Å². The van der Waals surface area contributed by atoms with Gasteiger partial charge in [0.25, 0.3) is 0 Å². The van der Waals surface area contributed by atoms with Crippen LogP contribution in [0.4, 0.5) is 0 Å². The minimum atomic E-state index is 0. The van der Waals surface area contributed by atoms with Crippen molar-refractivity contribution in [3.8, 4) is 0 Å². The molecule has 118 valence electrons. The van der Waals surface area contributed by atoms with Crippen molar-refractivity contribution in [3.63, 3.8) is 0 Å². The van der Waals surface area contributed by atoms with Crippen molar-refractivity contribution in [1.29, 1.82) is 0 Å². The van der Waals surface area contributed by atoms with Gasteiger partial charge in [-0.2, -0.15) is 6.42 Å². The Balaban J connectivity index is 0. The van der Waals surface area contributed by atoms with Gasteiger partial charge in [-0.3, -0.25) is 6.29 Å². The maximum atomic E-state index is 10.0. The molecule has 0 aromatic heterocycles. The van der Waals surface area contributed by atoms with Gasteiger partial charge in [0.05, 0.1) is 0 Å². The molecule has 0 atom stereocenters. The number of unbranched alkanes of at least 4 members (excludes halogenated alkanes) is 15. The second kappa shape index (κ2) is 21.7. The van der Waals surface area contributed by atoms with E-state index in [1.54, 1.807) is 0 Å². The van der Waals surface area contributed by atoms with Crippen molar-refractivity contribution in [2.45, 2.75) is 110 Å². The topological polar surface area (TPSA) is 17.1 Å². The molecule has 2 heteroatoms. The zero-order chi connectivity index (χ0) is 14.0. The van der Waals surface area contributed by atoms with Crippen molar-refractivity contribution < 1.29 is 26.5 Å². The number of rotatable bonds is 16. The van der Waals surface area contributed by atoms with E-state index in [4.69, 9.17) is 0 Å². The second-order valence-electron chi connectivity index (χ2n) is 5.84. The van der Waals surface area contributed by atoms with Crippen LogP contribution in [0.25, 0.3) is 0 Å². The van der Waals surface area contributed by atoms with Gasteiger partial charge >= 0.3 is 0 Å². The molecule has 0 saturated carbocycles. The van der Waals surface area contributed by atoms with E-state index in [1.807, 2.05) is 6.29 Å². The molecule has 0 aliphatic heterocycles. The van der Waals surface area contributed by atoms with E-state index < -0.39 is 0 Å². The van der Waals surface area contributed by atoms with Gasteiger partial charge in [-0.05, 0) is 0 Å². The predicted molar refractivity (Wildman–Crippen MR) is 85.2 cm³/mol. The number of carbonyl (C=O) groups excluding carboxylic acids is 1. The molecular weight excluding hydrogens is 280 g/mol. The summed E-state index contributed by atoms with van der Waals surface area (Å²) in [6.45, 7) is 2.28. The molecule has 0 aliphatic rings. The van der Waals surface area contributed by atoms with Crippen LogP contribution < -0.4 is 0 Å². The van der Waals surface area contributed by atoms with Crippen molar-refractivity contribution >= 4 is 6.29 Å². The van der Waals surface area contributed by atoms with E-state index in [9.17, 15) is 4.79 Å². The fourth-order valence-corrected chi connectivity index (χ4v) is 2.57. The minimum Gasteiger partial charge on any atom is -0.542 e. The van der Waals surface area contributed by atoms with Crippen molar-refractivity contribution in [2.75, 3.05) is 0 Å². The third-order valence-electron chi connectivity index (χ3n) is 3.88. The van der Waals surface area contributed by atoms with E-state index in [2.05, 4.69) is 6.92 Å². The summed E-state index contributed by atoms with van der Waals surface area (Å²) in [5, 5.41) is 0. The number of hydrogen-bond donors (Lipinski definition) is 0. The standard InChI is InChI=1S/C18H35O.Ti/c1-2-3-4-5-6-7-8-9-10-11-12-13-14-15-16-17-18-19;/h2-17H2,1H3;/q-1;. The molecule has 0 aromatic rings. The summed E-state index contributed by atoms with van der Waals surface area (Å²) < 4.78 is 0. The summed E-state index contributed by atoms with van der Waals surface area (Å²) in [5.74, 6) is 0. The predicted octanol–water partition coefficient (Wildman–Crippen LogP) is 6.36. The van der Waals surface area contributed by atoms with E-state index in [1.165, 1.54) is 89.9 Å². The smallest absolute Gasteiger partial charge is 0 e. The van der Waals surface area contributed by atoms with Gasteiger partial charge in [0.2, 0.25) is 0 Å². The Kier molecular flexibility index (Phi) is 24.6. The Morgan fingerprint density at radius 3 is 1.15 bits per heavy atom. The Hall–Kier alpha value is 0.384. The Morgan fingerprint density at radius 1 is 0.550 bits per heavy atom. The maximum absolute atomic E-state index is 10.0. The molecule has 20 heavy (non-hydrogen) atoms. The first-order chi connectivity index (χ1) is 9.41. The van der Waals surface area contributed by atoms with Gasteiger partial charge in [0, 0.05) is 21.7 Å². The molecule has 1 nitrogen and oxygen atoms in total. The molecule has 0 amide bonds. The summed E-state index contributed by atoms with van der Waals surface area (Å²) in [4.78, 5) is 10.0. The molecule has 0 rings (SSSR count). The van der Waals surface area contributed by atoms with Crippen LogP contribution in [-0.2, 0) is 26.5 Å². The van der Waals surface area contributed by atoms with Crippen LogP contribution in [-0.4, -0.2) is 6.29 Å². The van der Waals surface area contributed by atoms with Crippen LogP contribution in [0.15, 0.2) is 0 Å². The normalized spacial score (nSPS) is 10.2. The second-order valence-corrected chi connectivity index (χ2v) is 5.84. The van der Waals surface area contributed by atoms with Crippen LogP contribution in [0.1, 0.15) is 110 Å². The summed E-state index contributed by atoms with van der Waals surface area (Å²) in [6.07, 6.45) is 23.2. The molecule has 0 bridgehead atoms. The zero-order valence-electron chi connectivity index (χ0n) is 13.7. The molecule has 0 heterocycles. The van der Waals surface area contributed by atoms with Crippen LogP contribution in [0.2, 0.25) is 0 Å². The molecular formula is C18H35OTi-. The van der Waals surface area contributed by atoms with Gasteiger partial charge in [-0.1, -0.05) is 103 Å². The summed E-state index contributed by atoms with van der Waals surface area (Å²) >= 11 is 0. The summed E-state index contributed by atoms with van der Waals surface area (Å²) in [6, 6.07) is 0. The Bertz CT molecular complexity index is 171. The van der Waals surface area contributed by atoms with Crippen LogP contribution in [0.3, 0.4) is 0 Å². The molecule has 0 spiro atoms. The fraction of sp³-hybridized carbons (Fsp3) is 0.944. The van der Waals surface area contributed by atoms with E-state index >= 15 is 0 Å². The van der Waals surface area contributed by atoms with Crippen LogP contribution in [0.5, 0.6) is 0 Å². The minimum absolute atomic E-state index is 0. The molecule has 0 unspecified atom stereocenters. The zero-order valence-corrected chi connectivity index (χ0v) is 15.3. The molecule has 0 saturated heterocycles. The van der Waals surface area contributed by atoms with Gasteiger partial charge in [0.1, 0.15) is 0 Å². The van der Waals surface area contributed by atoms with E-state index in [0.717, 1.165) is 6.42 Å². The quantitative estimate of drug-likeness (QED) is 0.184. The van der Waals surface area contributed by atoms with Crippen LogP contribution in [0, 0.1) is 0 Å². The average molecular weight is 315 g/mol. The number of hydrogen-bond acceptors (Lipinski definition) is 1. The third kappa shape index (κ3) is 20.7. The fourth-order valence-electron chi connectivity index (χ4n) is 2.57. The maximum Gasteiger partial charge on any atom is 0 e. The monoisotopic (exact) mass is 315 g/mol. The van der Waals surface area contributed by atoms with Gasteiger partial charge in [-0.15, -0.1) is 0 Å². The third-order valence-corrected chi connectivity index (χ3v) is 3.88. The molecule has 0 fully saturated rings. The van der Waals surface area contributed by atoms with Gasteiger partial charge in [0.15, 0.2) is 0 Å². The Labute approximate surface area is 142 Å². The molecule has 0 aromatic carbocycles. The summed E-state index contributed by atoms with van der Waals surface area (Å²) in [5.41, 5.74) is 0. The molecule has 0 radical (unpaired) electrons. The van der Waals surface area contributed by atoms with Crippen molar-refractivity contribution in [3.05, 3.63) is 0 Å². The largest absolute Gasteiger partial charge is 0.542 e. The van der Waals surface area contributed by atoms with Gasteiger partial charge < -0.3 is 4.79 Å². The van der Waals surface area contributed by atoms with Crippen LogP contribution >= 0.6 is 0 Å². The van der Waals surface area contributed by atoms with Gasteiger partial charge in [-0.25, -0.2) is 0 Å². The first-order valence-electron chi connectivity index (χ1n) is 8.76. The average Bonchev–Trinajstić information content (AvgIpc) is 2.43. The first-order valence-corrected chi connectivity index (χ1v) is 8.76. The molecule has 0 N–H and O–H groups in total.